The summed E-state index contributed by atoms with van der Waals surface area (Å²) in [5, 5.41) is 16.9. The van der Waals surface area contributed by atoms with Crippen molar-refractivity contribution in [2.45, 2.75) is 51.2 Å². The summed E-state index contributed by atoms with van der Waals surface area (Å²) in [5.41, 5.74) is 0.0873. The van der Waals surface area contributed by atoms with Crippen LogP contribution in [0.3, 0.4) is 0 Å². The van der Waals surface area contributed by atoms with E-state index in [0.29, 0.717) is 23.7 Å². The minimum absolute atomic E-state index is 0.438. The number of aliphatic hydroxyl groups is 1. The molecule has 0 spiro atoms. The zero-order valence-corrected chi connectivity index (χ0v) is 14.7. The second-order valence-corrected chi connectivity index (χ2v) is 7.53. The first-order valence-electron chi connectivity index (χ1n) is 7.88. The van der Waals surface area contributed by atoms with Crippen LogP contribution in [-0.4, -0.2) is 35.5 Å². The summed E-state index contributed by atoms with van der Waals surface area (Å²) in [6.45, 7) is 6.92. The van der Waals surface area contributed by atoms with Gasteiger partial charge in [0, 0.05) is 13.0 Å². The quantitative estimate of drug-likeness (QED) is 0.789. The van der Waals surface area contributed by atoms with E-state index in [0.717, 1.165) is 24.9 Å². The van der Waals surface area contributed by atoms with Crippen molar-refractivity contribution in [3.05, 3.63) is 28.8 Å². The third-order valence-electron chi connectivity index (χ3n) is 3.65. The highest BCUT2D eigenvalue weighted by atomic mass is 35.5. The predicted molar refractivity (Wildman–Crippen MR) is 92.1 cm³/mol. The molecule has 0 saturated carbocycles. The number of hydrogen-bond donors (Lipinski definition) is 3. The average molecular weight is 341 g/mol. The molecule has 23 heavy (non-hydrogen) atoms. The molecule has 0 radical (unpaired) electrons. The standard InChI is InChI=1S/C17H25ClN2O3/c1-16(2,3)23-15(21)20-14-9-12(5-6-13(14)18)10-17(22)7-4-8-19-11-17/h5-6,9,19,22H,4,7-8,10-11H2,1-3H3,(H,20,21). The fourth-order valence-electron chi connectivity index (χ4n) is 2.67. The molecule has 1 aromatic rings. The van der Waals surface area contributed by atoms with Crippen molar-refractivity contribution in [3.8, 4) is 0 Å². The Morgan fingerprint density at radius 3 is 2.83 bits per heavy atom. The van der Waals surface area contributed by atoms with Crippen LogP contribution in [0.25, 0.3) is 0 Å². The molecule has 1 atom stereocenters. The van der Waals surface area contributed by atoms with Gasteiger partial charge in [-0.2, -0.15) is 0 Å². The molecule has 1 amide bonds. The minimum atomic E-state index is -0.755. The van der Waals surface area contributed by atoms with Gasteiger partial charge in [0.2, 0.25) is 0 Å². The molecule has 1 aliphatic heterocycles. The number of amides is 1. The SMILES string of the molecule is CC(C)(C)OC(=O)Nc1cc(CC2(O)CCCNC2)ccc1Cl. The highest BCUT2D eigenvalue weighted by Crippen LogP contribution is 2.27. The molecule has 6 heteroatoms. The van der Waals surface area contributed by atoms with E-state index >= 15 is 0 Å². The Hall–Kier alpha value is -1.30. The maximum absolute atomic E-state index is 11.9. The second-order valence-electron chi connectivity index (χ2n) is 7.12. The summed E-state index contributed by atoms with van der Waals surface area (Å²) >= 11 is 6.14. The van der Waals surface area contributed by atoms with E-state index in [1.165, 1.54) is 0 Å². The first-order valence-corrected chi connectivity index (χ1v) is 8.26. The Kier molecular flexibility index (Phi) is 5.55. The Morgan fingerprint density at radius 1 is 1.48 bits per heavy atom. The number of halogens is 1. The lowest BCUT2D eigenvalue weighted by Gasteiger charge is -2.33. The number of β-amino-alcohol motifs (C(OH)–C–C–N with tert-alkyl or cyclic N) is 1. The first kappa shape index (κ1) is 18.0. The molecular weight excluding hydrogens is 316 g/mol. The Balaban J connectivity index is 2.08. The Morgan fingerprint density at radius 2 is 2.22 bits per heavy atom. The Bertz CT molecular complexity index is 563. The molecule has 1 aromatic carbocycles. The molecule has 0 aromatic heterocycles. The number of ether oxygens (including phenoxy) is 1. The van der Waals surface area contributed by atoms with E-state index in [1.54, 1.807) is 32.9 Å². The van der Waals surface area contributed by atoms with Crippen LogP contribution in [0.15, 0.2) is 18.2 Å². The topological polar surface area (TPSA) is 70.6 Å². The van der Waals surface area contributed by atoms with Crippen molar-refractivity contribution in [1.29, 1.82) is 0 Å². The number of hydrogen-bond acceptors (Lipinski definition) is 4. The van der Waals surface area contributed by atoms with Crippen LogP contribution in [0.4, 0.5) is 10.5 Å². The largest absolute Gasteiger partial charge is 0.444 e. The summed E-state index contributed by atoms with van der Waals surface area (Å²) in [6.07, 6.45) is 1.68. The van der Waals surface area contributed by atoms with Gasteiger partial charge in [-0.05, 0) is 57.9 Å². The van der Waals surface area contributed by atoms with Gasteiger partial charge in [0.25, 0.3) is 0 Å². The zero-order chi connectivity index (χ0) is 17.1. The van der Waals surface area contributed by atoms with Crippen molar-refractivity contribution >= 4 is 23.4 Å². The average Bonchev–Trinajstić information content (AvgIpc) is 2.41. The molecule has 2 rings (SSSR count). The van der Waals surface area contributed by atoms with Gasteiger partial charge in [0.1, 0.15) is 5.60 Å². The lowest BCUT2D eigenvalue weighted by Crippen LogP contribution is -2.47. The van der Waals surface area contributed by atoms with Gasteiger partial charge in [-0.25, -0.2) is 4.79 Å². The highest BCUT2D eigenvalue weighted by Gasteiger charge is 2.29. The zero-order valence-electron chi connectivity index (χ0n) is 13.9. The van der Waals surface area contributed by atoms with Crippen molar-refractivity contribution in [2.24, 2.45) is 0 Å². The van der Waals surface area contributed by atoms with Crippen LogP contribution in [0.1, 0.15) is 39.2 Å². The lowest BCUT2D eigenvalue weighted by molar-refractivity contribution is 0.0169. The molecule has 1 aliphatic rings. The van der Waals surface area contributed by atoms with Crippen LogP contribution in [0.2, 0.25) is 5.02 Å². The highest BCUT2D eigenvalue weighted by molar-refractivity contribution is 6.33. The summed E-state index contributed by atoms with van der Waals surface area (Å²) in [4.78, 5) is 11.9. The molecular formula is C17H25ClN2O3. The molecule has 5 nitrogen and oxygen atoms in total. The van der Waals surface area contributed by atoms with Gasteiger partial charge in [-0.15, -0.1) is 0 Å². The van der Waals surface area contributed by atoms with Gasteiger partial charge >= 0.3 is 6.09 Å². The second kappa shape index (κ2) is 7.07. The number of rotatable bonds is 3. The third-order valence-corrected chi connectivity index (χ3v) is 3.98. The molecule has 1 heterocycles. The lowest BCUT2D eigenvalue weighted by atomic mass is 9.87. The fraction of sp³-hybridized carbons (Fsp3) is 0.588. The summed E-state index contributed by atoms with van der Waals surface area (Å²) in [7, 11) is 0. The van der Waals surface area contributed by atoms with Gasteiger partial charge in [0.05, 0.1) is 16.3 Å². The number of benzene rings is 1. The number of carbonyl (C=O) groups is 1. The number of anilines is 1. The minimum Gasteiger partial charge on any atom is -0.444 e. The van der Waals surface area contributed by atoms with Crippen LogP contribution in [-0.2, 0) is 11.2 Å². The number of carbonyl (C=O) groups excluding carboxylic acids is 1. The van der Waals surface area contributed by atoms with Crippen molar-refractivity contribution < 1.29 is 14.6 Å². The molecule has 1 unspecified atom stereocenters. The summed E-state index contributed by atoms with van der Waals surface area (Å²) < 4.78 is 5.24. The van der Waals surface area contributed by atoms with E-state index < -0.39 is 17.3 Å². The van der Waals surface area contributed by atoms with Crippen LogP contribution < -0.4 is 10.6 Å². The van der Waals surface area contributed by atoms with Crippen LogP contribution in [0.5, 0.6) is 0 Å². The maximum Gasteiger partial charge on any atom is 0.412 e. The maximum atomic E-state index is 11.9. The first-order chi connectivity index (χ1) is 10.7. The van der Waals surface area contributed by atoms with Gasteiger partial charge in [0.15, 0.2) is 0 Å². The van der Waals surface area contributed by atoms with Crippen molar-refractivity contribution in [1.82, 2.24) is 5.32 Å². The Labute approximate surface area is 142 Å². The molecule has 3 N–H and O–H groups in total. The van der Waals surface area contributed by atoms with E-state index in [2.05, 4.69) is 10.6 Å². The smallest absolute Gasteiger partial charge is 0.412 e. The monoisotopic (exact) mass is 340 g/mol. The number of nitrogens with one attached hydrogen (secondary N) is 2. The number of piperidine rings is 1. The molecule has 0 bridgehead atoms. The van der Waals surface area contributed by atoms with Gasteiger partial charge < -0.3 is 15.2 Å². The van der Waals surface area contributed by atoms with Gasteiger partial charge in [-0.1, -0.05) is 17.7 Å². The fourth-order valence-corrected chi connectivity index (χ4v) is 2.84. The van der Waals surface area contributed by atoms with Gasteiger partial charge in [-0.3, -0.25) is 5.32 Å². The van der Waals surface area contributed by atoms with Crippen LogP contribution >= 0.6 is 11.6 Å². The molecule has 1 saturated heterocycles. The summed E-state index contributed by atoms with van der Waals surface area (Å²) in [5.74, 6) is 0. The van der Waals surface area contributed by atoms with E-state index in [1.807, 2.05) is 6.07 Å². The van der Waals surface area contributed by atoms with E-state index in [9.17, 15) is 9.90 Å². The third kappa shape index (κ3) is 5.68. The van der Waals surface area contributed by atoms with Crippen molar-refractivity contribution in [2.75, 3.05) is 18.4 Å². The molecule has 1 fully saturated rings. The predicted octanol–water partition coefficient (Wildman–Crippen LogP) is 3.34. The molecule has 0 aliphatic carbocycles. The van der Waals surface area contributed by atoms with Crippen LogP contribution in [0, 0.1) is 0 Å². The summed E-state index contributed by atoms with van der Waals surface area (Å²) in [6, 6.07) is 5.39. The van der Waals surface area contributed by atoms with E-state index in [-0.39, 0.29) is 0 Å². The van der Waals surface area contributed by atoms with Crippen molar-refractivity contribution in [3.63, 3.8) is 0 Å². The van der Waals surface area contributed by atoms with E-state index in [4.69, 9.17) is 16.3 Å². The normalized spacial score (nSPS) is 21.8. The molecule has 128 valence electrons.